The van der Waals surface area contributed by atoms with Crippen LogP contribution in [0.2, 0.25) is 25.3 Å². The van der Waals surface area contributed by atoms with Crippen LogP contribution in [-0.4, -0.2) is 19.2 Å². The van der Waals surface area contributed by atoms with E-state index >= 15 is 0 Å². The molecule has 0 saturated heterocycles. The van der Waals surface area contributed by atoms with Crippen LogP contribution in [0.3, 0.4) is 0 Å². The lowest BCUT2D eigenvalue weighted by Gasteiger charge is -2.41. The first-order valence-electron chi connectivity index (χ1n) is 28.5. The Morgan fingerprint density at radius 3 is 1.03 bits per heavy atom. The molecule has 0 radical (unpaired) electrons. The summed E-state index contributed by atoms with van der Waals surface area (Å²) in [4.78, 5) is 0. The lowest BCUT2D eigenvalue weighted by Crippen LogP contribution is -2.85. The molecule has 1 nitrogen and oxygen atoms in total. The maximum Gasteiger partial charge on any atom is 0.200 e. The highest BCUT2D eigenvalue weighted by Crippen LogP contribution is 2.36. The van der Waals surface area contributed by atoms with Crippen molar-refractivity contribution in [3.8, 4) is 11.1 Å². The average molecular weight is 976 g/mol. The van der Waals surface area contributed by atoms with Crippen molar-refractivity contribution < 1.29 is 40.4 Å². The number of unbranched alkanes of at least 4 members (excludes halogenated alkanes) is 25. The van der Waals surface area contributed by atoms with Crippen LogP contribution in [0.1, 0.15) is 254 Å². The molecule has 68 heavy (non-hydrogen) atoms. The minimum Gasteiger partial charge on any atom is -0.346 e. The van der Waals surface area contributed by atoms with Gasteiger partial charge in [0.2, 0.25) is 5.82 Å². The Labute approximate surface area is 413 Å². The molecular weight excluding hydrogens is 873 g/mol. The quantitative estimate of drug-likeness (QED) is 0.0225. The van der Waals surface area contributed by atoms with E-state index in [1.54, 1.807) is 25.3 Å². The summed E-state index contributed by atoms with van der Waals surface area (Å²) in [6.07, 6.45) is 53.1. The fourth-order valence-electron chi connectivity index (χ4n) is 9.93. The lowest BCUT2D eigenvalue weighted by atomic mass is 9.17. The van der Waals surface area contributed by atoms with Crippen LogP contribution < -0.4 is 5.32 Å². The molecule has 10 heteroatoms. The van der Waals surface area contributed by atoms with Gasteiger partial charge >= 0.3 is 0 Å². The second-order valence-electron chi connectivity index (χ2n) is 20.6. The molecule has 2 aromatic carbocycles. The number of quaternary nitrogens is 1. The van der Waals surface area contributed by atoms with Gasteiger partial charge in [-0.3, -0.25) is 0 Å². The van der Waals surface area contributed by atoms with Crippen molar-refractivity contribution in [3.05, 3.63) is 58.7 Å². The van der Waals surface area contributed by atoms with Crippen LogP contribution >= 0.6 is 0 Å². The zero-order chi connectivity index (χ0) is 50.8. The second kappa shape index (κ2) is 43.7. The highest BCUT2D eigenvalue weighted by Gasteiger charge is 2.29. The van der Waals surface area contributed by atoms with Gasteiger partial charge in [0.15, 0.2) is 40.7 Å². The van der Waals surface area contributed by atoms with Crippen molar-refractivity contribution in [2.75, 3.05) is 13.1 Å². The van der Waals surface area contributed by atoms with Crippen LogP contribution in [0.4, 0.5) is 35.1 Å². The van der Waals surface area contributed by atoms with Gasteiger partial charge in [-0.25, -0.2) is 35.1 Å². The number of hydrogen-bond donors (Lipinski definition) is 1. The van der Waals surface area contributed by atoms with Crippen molar-refractivity contribution >= 4 is 6.15 Å². The number of halogens is 8. The van der Waals surface area contributed by atoms with Gasteiger partial charge in [-0.1, -0.05) is 241 Å². The lowest BCUT2D eigenvalue weighted by molar-refractivity contribution is -0.660. The summed E-state index contributed by atoms with van der Waals surface area (Å²) in [5.41, 5.74) is -2.95. The van der Waals surface area contributed by atoms with E-state index in [9.17, 15) is 35.1 Å². The Bertz CT molecular complexity index is 1380. The van der Waals surface area contributed by atoms with Crippen LogP contribution in [0.15, 0.2) is 12.1 Å². The van der Waals surface area contributed by atoms with E-state index in [1.165, 1.54) is 219 Å². The van der Waals surface area contributed by atoms with Crippen LogP contribution in [0, 0.1) is 52.5 Å². The largest absolute Gasteiger partial charge is 0.346 e. The molecule has 398 valence electrons. The van der Waals surface area contributed by atoms with Crippen molar-refractivity contribution in [1.29, 1.82) is 0 Å². The molecule has 2 rings (SSSR count). The zero-order valence-electron chi connectivity index (χ0n) is 44.8. The summed E-state index contributed by atoms with van der Waals surface area (Å²) < 4.78 is 105. The zero-order valence-corrected chi connectivity index (χ0v) is 44.8. The van der Waals surface area contributed by atoms with E-state index in [1.807, 2.05) is 0 Å². The average Bonchev–Trinajstić information content (AvgIpc) is 3.33. The molecule has 0 aromatic heterocycles. The topological polar surface area (TPSA) is 16.6 Å². The predicted octanol–water partition coefficient (Wildman–Crippen LogP) is 20.7. The molecule has 1 atom stereocenters. The van der Waals surface area contributed by atoms with Gasteiger partial charge < -0.3 is 5.32 Å². The minimum atomic E-state index is -2.44. The molecule has 0 heterocycles. The molecular formula is C58H102BF8N. The van der Waals surface area contributed by atoms with Gasteiger partial charge in [0, 0.05) is 17.6 Å². The molecule has 1 unspecified atom stereocenters. The Morgan fingerprint density at radius 2 is 0.691 bits per heavy atom. The predicted molar refractivity (Wildman–Crippen MR) is 279 cm³/mol. The minimum absolute atomic E-state index is 0.120. The summed E-state index contributed by atoms with van der Waals surface area (Å²) in [6.45, 7) is 18.9. The van der Waals surface area contributed by atoms with E-state index in [0.717, 1.165) is 5.92 Å². The third-order valence-electron chi connectivity index (χ3n) is 14.3. The van der Waals surface area contributed by atoms with Crippen molar-refractivity contribution in [2.24, 2.45) is 5.92 Å². The third kappa shape index (κ3) is 29.9. The maximum atomic E-state index is 13.4. The van der Waals surface area contributed by atoms with E-state index in [0.29, 0.717) is 12.1 Å². The van der Waals surface area contributed by atoms with Crippen molar-refractivity contribution in [1.82, 2.24) is 0 Å². The SMILES string of the molecule is CCCCCCCCC[B-](CCCCCCCCC)(CCCCCCCCC)CCCCCCCCC.CCCC[NH2+]CC(C)CCC.Fc1ccc(-c2c(F)c(F)c(F)c(F)c2F)c(F)c1F. The van der Waals surface area contributed by atoms with Gasteiger partial charge in [-0.2, -0.15) is 25.3 Å². The van der Waals surface area contributed by atoms with Gasteiger partial charge in [0.25, 0.3) is 0 Å². The first kappa shape index (κ1) is 65.9. The van der Waals surface area contributed by atoms with Crippen molar-refractivity contribution in [2.45, 2.75) is 279 Å². The van der Waals surface area contributed by atoms with E-state index in [-0.39, 0.29) is 6.15 Å². The molecule has 0 saturated carbocycles. The molecule has 0 amide bonds. The highest BCUT2D eigenvalue weighted by molar-refractivity contribution is 6.79. The van der Waals surface area contributed by atoms with E-state index in [4.69, 9.17) is 0 Å². The standard InChI is InChI=1S/C36H76B.C12H2F8.C10H23N/c1-5-9-13-17-21-25-29-33-37(34-30-26-22-18-14-10-6-2,35-31-27-23-19-15-11-7-3)36-32-28-24-20-16-12-8-4;13-4-2-1-3(6(14)7(4)15)5-8(16)10(18)12(20)11(19)9(5)17;1-4-6-8-11-9-10(3)7-5-2/h5-36H2,1-4H3;1-2H;10-11H,4-9H2,1-3H3/q-1;;/p+1. The molecule has 0 bridgehead atoms. The van der Waals surface area contributed by atoms with Gasteiger partial charge in [0.1, 0.15) is 0 Å². The first-order chi connectivity index (χ1) is 32.8. The Hall–Kier alpha value is -2.10. The van der Waals surface area contributed by atoms with E-state index in [2.05, 4.69) is 53.8 Å². The number of rotatable bonds is 40. The molecule has 0 aliphatic heterocycles. The molecule has 2 N–H and O–H groups in total. The third-order valence-corrected chi connectivity index (χ3v) is 14.3. The Balaban J connectivity index is 0.00000119. The first-order valence-corrected chi connectivity index (χ1v) is 28.5. The Morgan fingerprint density at radius 1 is 0.368 bits per heavy atom. The summed E-state index contributed by atoms with van der Waals surface area (Å²) in [6, 6.07) is 0.665. The van der Waals surface area contributed by atoms with E-state index < -0.39 is 57.7 Å². The van der Waals surface area contributed by atoms with Crippen LogP contribution in [0.25, 0.3) is 11.1 Å². The molecule has 0 aliphatic rings. The van der Waals surface area contributed by atoms with Crippen LogP contribution in [-0.2, 0) is 0 Å². The molecule has 0 aliphatic carbocycles. The molecule has 0 fully saturated rings. The highest BCUT2D eigenvalue weighted by atomic mass is 19.2. The van der Waals surface area contributed by atoms with Crippen molar-refractivity contribution in [3.63, 3.8) is 0 Å². The summed E-state index contributed by atoms with van der Waals surface area (Å²) >= 11 is 0. The summed E-state index contributed by atoms with van der Waals surface area (Å²) in [5.74, 6) is -16.7. The summed E-state index contributed by atoms with van der Waals surface area (Å²) in [7, 11) is 0. The van der Waals surface area contributed by atoms with Crippen LogP contribution in [0.5, 0.6) is 0 Å². The monoisotopic (exact) mass is 976 g/mol. The maximum absolute atomic E-state index is 13.4. The molecule has 0 spiro atoms. The number of benzene rings is 2. The smallest absolute Gasteiger partial charge is 0.200 e. The number of hydrogen-bond acceptors (Lipinski definition) is 0. The Kier molecular flexibility index (Phi) is 42.3. The number of nitrogens with two attached hydrogens (primary N) is 1. The van der Waals surface area contributed by atoms with Gasteiger partial charge in [-0.05, 0) is 25.0 Å². The fourth-order valence-corrected chi connectivity index (χ4v) is 9.93. The summed E-state index contributed by atoms with van der Waals surface area (Å²) in [5, 5.41) is 2.46. The second-order valence-corrected chi connectivity index (χ2v) is 20.6. The molecule has 2 aromatic rings. The van der Waals surface area contributed by atoms with Gasteiger partial charge in [-0.15, -0.1) is 0 Å². The normalized spacial score (nSPS) is 11.9. The fraction of sp³-hybridized carbons (Fsp3) is 0.793. The van der Waals surface area contributed by atoms with Gasteiger partial charge in [0.05, 0.1) is 18.7 Å².